The van der Waals surface area contributed by atoms with Gasteiger partial charge in [0.05, 0.1) is 5.69 Å². The molecule has 1 fully saturated rings. The minimum atomic E-state index is 0.151. The van der Waals surface area contributed by atoms with Crippen LogP contribution in [-0.2, 0) is 6.54 Å². The molecular formula is C12H16ClN3S. The summed E-state index contributed by atoms with van der Waals surface area (Å²) in [5.41, 5.74) is 1.26. The van der Waals surface area contributed by atoms with Gasteiger partial charge in [-0.25, -0.2) is 4.98 Å². The molecule has 0 atom stereocenters. The van der Waals surface area contributed by atoms with Crippen molar-refractivity contribution >= 4 is 27.9 Å². The van der Waals surface area contributed by atoms with Gasteiger partial charge in [-0.2, -0.15) is 0 Å². The molecule has 2 heterocycles. The van der Waals surface area contributed by atoms with E-state index in [1.54, 1.807) is 11.3 Å². The van der Waals surface area contributed by atoms with E-state index >= 15 is 0 Å². The third-order valence-corrected chi connectivity index (χ3v) is 4.89. The van der Waals surface area contributed by atoms with Crippen molar-refractivity contribution in [2.24, 2.45) is 0 Å². The highest BCUT2D eigenvalue weighted by Crippen LogP contribution is 2.31. The van der Waals surface area contributed by atoms with Crippen molar-refractivity contribution in [2.45, 2.75) is 37.8 Å². The first-order valence-corrected chi connectivity index (χ1v) is 7.45. The van der Waals surface area contributed by atoms with Crippen molar-refractivity contribution in [3.05, 3.63) is 23.5 Å². The Labute approximate surface area is 110 Å². The lowest BCUT2D eigenvalue weighted by molar-refractivity contribution is 0.366. The number of fused-ring (bicyclic) bond motifs is 1. The summed E-state index contributed by atoms with van der Waals surface area (Å²) in [6.45, 7) is 0.821. The van der Waals surface area contributed by atoms with Gasteiger partial charge in [-0.3, -0.25) is 4.40 Å². The Kier molecular flexibility index (Phi) is 3.11. The van der Waals surface area contributed by atoms with Crippen LogP contribution in [0.25, 0.3) is 4.96 Å². The summed E-state index contributed by atoms with van der Waals surface area (Å²) in [5, 5.41) is 5.66. The predicted molar refractivity (Wildman–Crippen MR) is 71.8 cm³/mol. The molecule has 0 radical (unpaired) electrons. The molecule has 2 aromatic rings. The number of imidazole rings is 1. The molecule has 1 saturated carbocycles. The van der Waals surface area contributed by atoms with E-state index < -0.39 is 0 Å². The fourth-order valence-corrected chi connectivity index (χ4v) is 3.63. The van der Waals surface area contributed by atoms with Gasteiger partial charge in [0.25, 0.3) is 0 Å². The van der Waals surface area contributed by atoms with E-state index in [1.165, 1.54) is 25.7 Å². The first kappa shape index (κ1) is 11.5. The minimum Gasteiger partial charge on any atom is -0.304 e. The summed E-state index contributed by atoms with van der Waals surface area (Å²) in [7, 11) is 0. The second-order valence-corrected chi connectivity index (χ2v) is 5.94. The van der Waals surface area contributed by atoms with Gasteiger partial charge in [0, 0.05) is 35.7 Å². The zero-order chi connectivity index (χ0) is 11.7. The van der Waals surface area contributed by atoms with Crippen LogP contribution < -0.4 is 5.32 Å². The standard InChI is InChI=1S/C12H16ClN3S/c13-9-12(3-1-2-4-12)14-7-10-8-16-5-6-17-11(16)15-10/h5-6,8,14H,1-4,7,9H2. The maximum absolute atomic E-state index is 6.10. The van der Waals surface area contributed by atoms with Gasteiger partial charge in [-0.1, -0.05) is 12.8 Å². The lowest BCUT2D eigenvalue weighted by Crippen LogP contribution is -2.44. The lowest BCUT2D eigenvalue weighted by atomic mass is 10.0. The molecule has 1 aliphatic carbocycles. The number of hydrogen-bond acceptors (Lipinski definition) is 3. The van der Waals surface area contributed by atoms with Crippen LogP contribution in [0, 0.1) is 0 Å². The Morgan fingerprint density at radius 1 is 1.47 bits per heavy atom. The van der Waals surface area contributed by atoms with Crippen LogP contribution >= 0.6 is 22.9 Å². The Morgan fingerprint density at radius 2 is 2.29 bits per heavy atom. The summed E-state index contributed by atoms with van der Waals surface area (Å²) in [6.07, 6.45) is 9.10. The molecule has 0 unspecified atom stereocenters. The summed E-state index contributed by atoms with van der Waals surface area (Å²) in [6, 6.07) is 0. The van der Waals surface area contributed by atoms with E-state index in [4.69, 9.17) is 11.6 Å². The monoisotopic (exact) mass is 269 g/mol. The Morgan fingerprint density at radius 3 is 3.00 bits per heavy atom. The molecular weight excluding hydrogens is 254 g/mol. The van der Waals surface area contributed by atoms with Crippen molar-refractivity contribution in [3.63, 3.8) is 0 Å². The van der Waals surface area contributed by atoms with Gasteiger partial charge in [-0.05, 0) is 12.8 Å². The van der Waals surface area contributed by atoms with Gasteiger partial charge in [0.2, 0.25) is 0 Å². The molecule has 17 heavy (non-hydrogen) atoms. The highest BCUT2D eigenvalue weighted by molar-refractivity contribution is 7.15. The largest absolute Gasteiger partial charge is 0.304 e. The lowest BCUT2D eigenvalue weighted by Gasteiger charge is -2.27. The molecule has 1 N–H and O–H groups in total. The molecule has 0 bridgehead atoms. The number of nitrogens with one attached hydrogen (secondary N) is 1. The molecule has 2 aromatic heterocycles. The summed E-state index contributed by atoms with van der Waals surface area (Å²) < 4.78 is 2.07. The zero-order valence-corrected chi connectivity index (χ0v) is 11.2. The highest BCUT2D eigenvalue weighted by Gasteiger charge is 2.32. The number of nitrogens with zero attached hydrogens (tertiary/aromatic N) is 2. The Bertz CT molecular complexity index is 470. The molecule has 0 aliphatic heterocycles. The van der Waals surface area contributed by atoms with Gasteiger partial charge >= 0.3 is 0 Å². The normalized spacial score (nSPS) is 19.1. The molecule has 0 saturated heterocycles. The van der Waals surface area contributed by atoms with E-state index in [-0.39, 0.29) is 5.54 Å². The minimum absolute atomic E-state index is 0.151. The Balaban J connectivity index is 1.69. The third-order valence-electron chi connectivity index (χ3n) is 3.60. The zero-order valence-electron chi connectivity index (χ0n) is 9.66. The molecule has 92 valence electrons. The number of hydrogen-bond donors (Lipinski definition) is 1. The smallest absolute Gasteiger partial charge is 0.193 e. The second-order valence-electron chi connectivity index (χ2n) is 4.80. The third kappa shape index (κ3) is 2.21. The molecule has 3 nitrogen and oxygen atoms in total. The number of alkyl halides is 1. The van der Waals surface area contributed by atoms with Crippen molar-refractivity contribution < 1.29 is 0 Å². The van der Waals surface area contributed by atoms with E-state index in [2.05, 4.69) is 26.3 Å². The number of rotatable bonds is 4. The quantitative estimate of drug-likeness (QED) is 0.865. The van der Waals surface area contributed by atoms with Crippen molar-refractivity contribution in [2.75, 3.05) is 5.88 Å². The maximum atomic E-state index is 6.10. The highest BCUT2D eigenvalue weighted by atomic mass is 35.5. The molecule has 3 rings (SSSR count). The SMILES string of the molecule is ClCC1(NCc2cn3ccsc3n2)CCCC1. The molecule has 0 spiro atoms. The second kappa shape index (κ2) is 4.59. The molecule has 5 heteroatoms. The van der Waals surface area contributed by atoms with E-state index in [0.29, 0.717) is 5.88 Å². The van der Waals surface area contributed by atoms with Crippen molar-refractivity contribution in [1.29, 1.82) is 0 Å². The van der Waals surface area contributed by atoms with Crippen LogP contribution in [0.3, 0.4) is 0 Å². The summed E-state index contributed by atoms with van der Waals surface area (Å²) in [5.74, 6) is 0.704. The predicted octanol–water partition coefficient (Wildman–Crippen LogP) is 3.04. The molecule has 1 aliphatic rings. The number of aromatic nitrogens is 2. The van der Waals surface area contributed by atoms with Gasteiger partial charge in [0.1, 0.15) is 0 Å². The average molecular weight is 270 g/mol. The molecule has 0 aromatic carbocycles. The topological polar surface area (TPSA) is 29.3 Å². The number of halogens is 1. The van der Waals surface area contributed by atoms with Crippen LogP contribution in [0.4, 0.5) is 0 Å². The summed E-state index contributed by atoms with van der Waals surface area (Å²) in [4.78, 5) is 5.64. The van der Waals surface area contributed by atoms with Gasteiger partial charge in [-0.15, -0.1) is 22.9 Å². The van der Waals surface area contributed by atoms with E-state index in [9.17, 15) is 0 Å². The van der Waals surface area contributed by atoms with Crippen LogP contribution in [-0.4, -0.2) is 20.8 Å². The fourth-order valence-electron chi connectivity index (χ4n) is 2.55. The van der Waals surface area contributed by atoms with Crippen LogP contribution in [0.5, 0.6) is 0 Å². The van der Waals surface area contributed by atoms with E-state index in [1.807, 2.05) is 6.20 Å². The average Bonchev–Trinajstić information content (AvgIpc) is 3.02. The van der Waals surface area contributed by atoms with Crippen LogP contribution in [0.1, 0.15) is 31.4 Å². The van der Waals surface area contributed by atoms with Gasteiger partial charge in [0.15, 0.2) is 4.96 Å². The van der Waals surface area contributed by atoms with Crippen molar-refractivity contribution in [3.8, 4) is 0 Å². The molecule has 0 amide bonds. The van der Waals surface area contributed by atoms with Crippen molar-refractivity contribution in [1.82, 2.24) is 14.7 Å². The van der Waals surface area contributed by atoms with Crippen LogP contribution in [0.15, 0.2) is 17.8 Å². The first-order chi connectivity index (χ1) is 8.31. The fraction of sp³-hybridized carbons (Fsp3) is 0.583. The maximum Gasteiger partial charge on any atom is 0.193 e. The number of thiazole rings is 1. The first-order valence-electron chi connectivity index (χ1n) is 6.03. The van der Waals surface area contributed by atoms with Gasteiger partial charge < -0.3 is 5.32 Å². The summed E-state index contributed by atoms with van der Waals surface area (Å²) >= 11 is 7.77. The Hall–Kier alpha value is -0.580. The van der Waals surface area contributed by atoms with Crippen LogP contribution in [0.2, 0.25) is 0 Å². The van der Waals surface area contributed by atoms with E-state index in [0.717, 1.165) is 17.2 Å².